The van der Waals surface area contributed by atoms with Gasteiger partial charge in [0.1, 0.15) is 5.69 Å². The van der Waals surface area contributed by atoms with E-state index in [0.29, 0.717) is 17.1 Å². The van der Waals surface area contributed by atoms with Crippen LogP contribution in [0.2, 0.25) is 0 Å². The normalized spacial score (nSPS) is 13.1. The molecule has 2 heterocycles. The molecule has 0 saturated heterocycles. The van der Waals surface area contributed by atoms with Gasteiger partial charge in [0, 0.05) is 23.0 Å². The van der Waals surface area contributed by atoms with E-state index in [-0.39, 0.29) is 22.9 Å². The average molecular weight is 421 g/mol. The van der Waals surface area contributed by atoms with Crippen molar-refractivity contribution in [3.63, 3.8) is 0 Å². The molecular formula is C23H23N3O5. The molecule has 0 radical (unpaired) electrons. The van der Waals surface area contributed by atoms with Crippen molar-refractivity contribution in [2.45, 2.75) is 32.7 Å². The predicted octanol–water partition coefficient (Wildman–Crippen LogP) is 3.66. The van der Waals surface area contributed by atoms with E-state index >= 15 is 0 Å². The Hall–Kier alpha value is -3.68. The standard InChI is InChI=1S/C23H23N3O5/c1-13-20(21(23(29)30-3)14(2)26(13)16-9-10-16)19(27)12-31-22(28)18-11-17(24-25-18)15-7-5-4-6-8-15/h4-8,11,16H,9-10,12H2,1-3H3,(H,24,25). The zero-order valence-electron chi connectivity index (χ0n) is 17.6. The smallest absolute Gasteiger partial charge is 0.356 e. The van der Waals surface area contributed by atoms with Crippen molar-refractivity contribution in [1.82, 2.24) is 14.8 Å². The maximum atomic E-state index is 13.0. The fourth-order valence-corrected chi connectivity index (χ4v) is 3.89. The minimum absolute atomic E-state index is 0.142. The van der Waals surface area contributed by atoms with Crippen LogP contribution in [0.3, 0.4) is 0 Å². The Morgan fingerprint density at radius 2 is 1.74 bits per heavy atom. The highest BCUT2D eigenvalue weighted by Crippen LogP contribution is 2.40. The molecule has 0 atom stereocenters. The second-order valence-electron chi connectivity index (χ2n) is 7.55. The van der Waals surface area contributed by atoms with Gasteiger partial charge < -0.3 is 14.0 Å². The van der Waals surface area contributed by atoms with Crippen LogP contribution in [-0.2, 0) is 9.47 Å². The number of carbonyl (C=O) groups is 3. The number of hydrogen-bond acceptors (Lipinski definition) is 6. The molecule has 0 spiro atoms. The van der Waals surface area contributed by atoms with Crippen LogP contribution in [0.5, 0.6) is 0 Å². The molecule has 1 saturated carbocycles. The molecular weight excluding hydrogens is 398 g/mol. The highest BCUT2D eigenvalue weighted by molar-refractivity contribution is 6.09. The molecule has 3 aromatic rings. The highest BCUT2D eigenvalue weighted by Gasteiger charge is 2.34. The number of hydrogen-bond donors (Lipinski definition) is 1. The van der Waals surface area contributed by atoms with Gasteiger partial charge in [-0.25, -0.2) is 9.59 Å². The molecule has 0 unspecified atom stereocenters. The minimum atomic E-state index is -0.696. The lowest BCUT2D eigenvalue weighted by Crippen LogP contribution is -2.18. The van der Waals surface area contributed by atoms with Crippen molar-refractivity contribution in [2.24, 2.45) is 0 Å². The third-order valence-electron chi connectivity index (χ3n) is 5.48. The number of aromatic nitrogens is 3. The van der Waals surface area contributed by atoms with Gasteiger partial charge in [-0.15, -0.1) is 0 Å². The molecule has 160 valence electrons. The van der Waals surface area contributed by atoms with Gasteiger partial charge in [-0.2, -0.15) is 5.10 Å². The Balaban J connectivity index is 1.52. The lowest BCUT2D eigenvalue weighted by atomic mass is 10.1. The fourth-order valence-electron chi connectivity index (χ4n) is 3.89. The zero-order valence-corrected chi connectivity index (χ0v) is 17.6. The second kappa shape index (κ2) is 8.22. The first kappa shape index (κ1) is 20.6. The van der Waals surface area contributed by atoms with Crippen molar-refractivity contribution >= 4 is 17.7 Å². The SMILES string of the molecule is COC(=O)c1c(C(=O)COC(=O)c2cc(-c3ccccc3)n[nH]2)c(C)n(C2CC2)c1C. The monoisotopic (exact) mass is 421 g/mol. The number of nitrogens with zero attached hydrogens (tertiary/aromatic N) is 2. The van der Waals surface area contributed by atoms with Gasteiger partial charge >= 0.3 is 11.9 Å². The summed E-state index contributed by atoms with van der Waals surface area (Å²) < 4.78 is 12.1. The van der Waals surface area contributed by atoms with Crippen LogP contribution in [0.25, 0.3) is 11.3 Å². The van der Waals surface area contributed by atoms with E-state index in [2.05, 4.69) is 10.2 Å². The van der Waals surface area contributed by atoms with Gasteiger partial charge in [-0.3, -0.25) is 9.89 Å². The third kappa shape index (κ3) is 3.88. The van der Waals surface area contributed by atoms with Crippen LogP contribution >= 0.6 is 0 Å². The maximum Gasteiger partial charge on any atom is 0.356 e. The van der Waals surface area contributed by atoms with Gasteiger partial charge in [0.15, 0.2) is 6.61 Å². The van der Waals surface area contributed by atoms with E-state index in [1.807, 2.05) is 34.9 Å². The lowest BCUT2D eigenvalue weighted by molar-refractivity contribution is 0.0467. The Morgan fingerprint density at radius 1 is 1.06 bits per heavy atom. The van der Waals surface area contributed by atoms with E-state index in [1.54, 1.807) is 19.9 Å². The van der Waals surface area contributed by atoms with Crippen molar-refractivity contribution < 1.29 is 23.9 Å². The molecule has 0 bridgehead atoms. The number of esters is 2. The number of benzene rings is 1. The molecule has 1 aliphatic rings. The van der Waals surface area contributed by atoms with Gasteiger partial charge in [-0.1, -0.05) is 30.3 Å². The van der Waals surface area contributed by atoms with Crippen molar-refractivity contribution in [3.8, 4) is 11.3 Å². The van der Waals surface area contributed by atoms with Gasteiger partial charge in [-0.05, 0) is 32.8 Å². The Bertz CT molecular complexity index is 1160. The topological polar surface area (TPSA) is 103 Å². The molecule has 31 heavy (non-hydrogen) atoms. The third-order valence-corrected chi connectivity index (χ3v) is 5.48. The summed E-state index contributed by atoms with van der Waals surface area (Å²) in [5.41, 5.74) is 3.46. The molecule has 1 N–H and O–H groups in total. The maximum absolute atomic E-state index is 13.0. The number of aromatic amines is 1. The first-order valence-electron chi connectivity index (χ1n) is 10.0. The zero-order chi connectivity index (χ0) is 22.1. The summed E-state index contributed by atoms with van der Waals surface area (Å²) in [5, 5.41) is 6.76. The van der Waals surface area contributed by atoms with Crippen LogP contribution < -0.4 is 0 Å². The van der Waals surface area contributed by atoms with E-state index < -0.39 is 24.3 Å². The van der Waals surface area contributed by atoms with Crippen LogP contribution in [0.4, 0.5) is 0 Å². The molecule has 8 heteroatoms. The van der Waals surface area contributed by atoms with Gasteiger partial charge in [0.05, 0.1) is 23.9 Å². The lowest BCUT2D eigenvalue weighted by Gasteiger charge is -2.07. The Kier molecular flexibility index (Phi) is 5.46. The van der Waals surface area contributed by atoms with Crippen LogP contribution in [0.15, 0.2) is 36.4 Å². The summed E-state index contributed by atoms with van der Waals surface area (Å²) in [5.74, 6) is -1.72. The average Bonchev–Trinajstić information content (AvgIpc) is 3.41. The number of ether oxygens (including phenoxy) is 2. The van der Waals surface area contributed by atoms with Crippen LogP contribution in [0.1, 0.15) is 61.5 Å². The number of rotatable bonds is 7. The van der Waals surface area contributed by atoms with Gasteiger partial charge in [0.25, 0.3) is 0 Å². The number of Topliss-reactive ketones (excluding diaryl/α,β-unsaturated/α-hetero) is 1. The molecule has 0 amide bonds. The predicted molar refractivity (Wildman–Crippen MR) is 112 cm³/mol. The number of nitrogens with one attached hydrogen (secondary N) is 1. The van der Waals surface area contributed by atoms with E-state index in [9.17, 15) is 14.4 Å². The van der Waals surface area contributed by atoms with E-state index in [4.69, 9.17) is 9.47 Å². The molecule has 1 aliphatic carbocycles. The number of ketones is 1. The van der Waals surface area contributed by atoms with Crippen LogP contribution in [-0.4, -0.2) is 46.2 Å². The number of methoxy groups -OCH3 is 1. The summed E-state index contributed by atoms with van der Waals surface area (Å²) in [6.45, 7) is 3.11. The number of carbonyl (C=O) groups excluding carboxylic acids is 3. The van der Waals surface area contributed by atoms with Crippen molar-refractivity contribution in [2.75, 3.05) is 13.7 Å². The summed E-state index contributed by atoms with van der Waals surface area (Å²) >= 11 is 0. The van der Waals surface area contributed by atoms with Crippen molar-refractivity contribution in [1.29, 1.82) is 0 Å². The molecule has 8 nitrogen and oxygen atoms in total. The summed E-state index contributed by atoms with van der Waals surface area (Å²) in [7, 11) is 1.28. The molecule has 1 fully saturated rings. The largest absolute Gasteiger partial charge is 0.465 e. The summed E-state index contributed by atoms with van der Waals surface area (Å²) in [4.78, 5) is 37.7. The van der Waals surface area contributed by atoms with Crippen molar-refractivity contribution in [3.05, 3.63) is 64.6 Å². The Labute approximate surface area is 179 Å². The minimum Gasteiger partial charge on any atom is -0.465 e. The Morgan fingerprint density at radius 3 is 2.39 bits per heavy atom. The van der Waals surface area contributed by atoms with Crippen LogP contribution in [0, 0.1) is 13.8 Å². The quantitative estimate of drug-likeness (QED) is 0.461. The fraction of sp³-hybridized carbons (Fsp3) is 0.304. The second-order valence-corrected chi connectivity index (χ2v) is 7.55. The number of H-pyrrole nitrogens is 1. The van der Waals surface area contributed by atoms with E-state index in [0.717, 1.165) is 18.4 Å². The molecule has 4 rings (SSSR count). The van der Waals surface area contributed by atoms with Gasteiger partial charge in [0.2, 0.25) is 5.78 Å². The van der Waals surface area contributed by atoms with E-state index in [1.165, 1.54) is 7.11 Å². The summed E-state index contributed by atoms with van der Waals surface area (Å²) in [6.07, 6.45) is 2.01. The first-order valence-corrected chi connectivity index (χ1v) is 10.0. The first-order chi connectivity index (χ1) is 14.9. The highest BCUT2D eigenvalue weighted by atomic mass is 16.5. The molecule has 0 aliphatic heterocycles. The summed E-state index contributed by atoms with van der Waals surface area (Å²) in [6, 6.07) is 11.2. The molecule has 1 aromatic carbocycles. The molecule has 2 aromatic heterocycles.